The van der Waals surface area contributed by atoms with Crippen molar-refractivity contribution in [1.29, 1.82) is 0 Å². The summed E-state index contributed by atoms with van der Waals surface area (Å²) in [6.07, 6.45) is 3.08. The molecule has 1 atom stereocenters. The van der Waals surface area contributed by atoms with E-state index in [1.165, 1.54) is 30.4 Å². The Hall–Kier alpha value is -2.58. The second-order valence-corrected chi connectivity index (χ2v) is 6.40. The molecule has 120 valence electrons. The molecule has 0 amide bonds. The van der Waals surface area contributed by atoms with Crippen molar-refractivity contribution in [3.8, 4) is 0 Å². The predicted octanol–water partition coefficient (Wildman–Crippen LogP) is 5.00. The number of aliphatic hydroxyl groups excluding tert-OH is 1. The highest BCUT2D eigenvalue weighted by atomic mass is 16.3. The minimum absolute atomic E-state index is 0.583. The van der Waals surface area contributed by atoms with Gasteiger partial charge in [0.25, 0.3) is 0 Å². The second kappa shape index (κ2) is 6.50. The average molecular weight is 315 g/mol. The molecule has 3 aromatic carbocycles. The summed E-state index contributed by atoms with van der Waals surface area (Å²) in [6, 6.07) is 24.4. The van der Waals surface area contributed by atoms with Crippen LogP contribution >= 0.6 is 0 Å². The first-order chi connectivity index (χ1) is 11.8. The predicted molar refractivity (Wildman–Crippen MR) is 98.7 cm³/mol. The minimum atomic E-state index is -0.583. The highest BCUT2D eigenvalue weighted by molar-refractivity contribution is 5.62. The molecule has 0 saturated heterocycles. The largest absolute Gasteiger partial charge is 0.384 e. The van der Waals surface area contributed by atoms with Crippen molar-refractivity contribution in [2.24, 2.45) is 0 Å². The van der Waals surface area contributed by atoms with Crippen LogP contribution in [0.4, 0.5) is 11.4 Å². The molecule has 0 spiro atoms. The number of anilines is 2. The fourth-order valence-electron chi connectivity index (χ4n) is 3.39. The fraction of sp³-hybridized carbons (Fsp3) is 0.182. The van der Waals surface area contributed by atoms with Gasteiger partial charge in [-0.3, -0.25) is 0 Å². The van der Waals surface area contributed by atoms with Gasteiger partial charge >= 0.3 is 0 Å². The Morgan fingerprint density at radius 3 is 2.17 bits per heavy atom. The van der Waals surface area contributed by atoms with E-state index in [2.05, 4.69) is 23.5 Å². The quantitative estimate of drug-likeness (QED) is 0.710. The van der Waals surface area contributed by atoms with E-state index in [0.717, 1.165) is 22.5 Å². The smallest absolute Gasteiger partial charge is 0.104 e. The van der Waals surface area contributed by atoms with Gasteiger partial charge in [0.1, 0.15) is 6.10 Å². The number of aliphatic hydroxyl groups is 1. The highest BCUT2D eigenvalue weighted by Gasteiger charge is 2.12. The summed E-state index contributed by atoms with van der Waals surface area (Å²) in [5, 5.41) is 13.9. The Morgan fingerprint density at radius 1 is 0.708 bits per heavy atom. The number of nitrogens with one attached hydrogen (secondary N) is 1. The molecule has 24 heavy (non-hydrogen) atoms. The van der Waals surface area contributed by atoms with Crippen molar-refractivity contribution in [3.63, 3.8) is 0 Å². The summed E-state index contributed by atoms with van der Waals surface area (Å²) >= 11 is 0. The molecule has 0 heterocycles. The molecule has 0 aliphatic heterocycles. The normalized spacial score (nSPS) is 14.2. The van der Waals surface area contributed by atoms with E-state index in [1.807, 2.05) is 54.6 Å². The second-order valence-electron chi connectivity index (χ2n) is 6.40. The van der Waals surface area contributed by atoms with Crippen LogP contribution in [-0.2, 0) is 12.8 Å². The van der Waals surface area contributed by atoms with Crippen LogP contribution in [0.15, 0.2) is 72.8 Å². The third-order valence-electron chi connectivity index (χ3n) is 4.73. The van der Waals surface area contributed by atoms with Crippen LogP contribution in [0, 0.1) is 0 Å². The summed E-state index contributed by atoms with van der Waals surface area (Å²) in [7, 11) is 0. The molecule has 0 fully saturated rings. The highest BCUT2D eigenvalue weighted by Crippen LogP contribution is 2.28. The van der Waals surface area contributed by atoms with Crippen molar-refractivity contribution in [2.45, 2.75) is 25.4 Å². The molecule has 4 rings (SSSR count). The lowest BCUT2D eigenvalue weighted by molar-refractivity contribution is 0.220. The maximum atomic E-state index is 10.5. The monoisotopic (exact) mass is 315 g/mol. The first kappa shape index (κ1) is 15.0. The van der Waals surface area contributed by atoms with E-state index in [-0.39, 0.29) is 0 Å². The Morgan fingerprint density at radius 2 is 1.38 bits per heavy atom. The number of rotatable bonds is 4. The summed E-state index contributed by atoms with van der Waals surface area (Å²) < 4.78 is 0. The molecule has 0 radical (unpaired) electrons. The zero-order valence-electron chi connectivity index (χ0n) is 13.6. The lowest BCUT2D eigenvalue weighted by Gasteiger charge is -2.13. The van der Waals surface area contributed by atoms with Crippen LogP contribution in [0.25, 0.3) is 0 Å². The third kappa shape index (κ3) is 3.06. The van der Waals surface area contributed by atoms with Crippen LogP contribution in [0.2, 0.25) is 0 Å². The maximum absolute atomic E-state index is 10.5. The topological polar surface area (TPSA) is 32.3 Å². The van der Waals surface area contributed by atoms with Crippen molar-refractivity contribution >= 4 is 11.4 Å². The molecule has 0 saturated carbocycles. The summed E-state index contributed by atoms with van der Waals surface area (Å²) in [4.78, 5) is 0. The molecule has 0 bridgehead atoms. The van der Waals surface area contributed by atoms with Gasteiger partial charge in [-0.1, -0.05) is 48.5 Å². The standard InChI is InChI=1S/C22H21NO/c24-22(17-5-2-1-3-6-17)18-10-12-20(13-11-18)23-21-14-9-16-7-4-8-19(16)15-21/h1-3,5-6,9-15,22-24H,4,7-8H2/t22-/m0/s1. The number of benzene rings is 3. The van der Waals surface area contributed by atoms with Gasteiger partial charge in [0.05, 0.1) is 0 Å². The van der Waals surface area contributed by atoms with Gasteiger partial charge in [0.15, 0.2) is 0 Å². The van der Waals surface area contributed by atoms with E-state index in [0.29, 0.717) is 0 Å². The molecule has 3 aromatic rings. The number of hydrogen-bond donors (Lipinski definition) is 2. The van der Waals surface area contributed by atoms with Crippen molar-refractivity contribution in [1.82, 2.24) is 0 Å². The van der Waals surface area contributed by atoms with Crippen LogP contribution in [-0.4, -0.2) is 5.11 Å². The van der Waals surface area contributed by atoms with E-state index in [1.54, 1.807) is 0 Å². The van der Waals surface area contributed by atoms with Gasteiger partial charge in [-0.2, -0.15) is 0 Å². The van der Waals surface area contributed by atoms with Gasteiger partial charge in [-0.25, -0.2) is 0 Å². The van der Waals surface area contributed by atoms with Gasteiger partial charge in [-0.15, -0.1) is 0 Å². The molecule has 0 aromatic heterocycles. The number of hydrogen-bond acceptors (Lipinski definition) is 2. The Balaban J connectivity index is 1.50. The Labute approximate surface area is 142 Å². The van der Waals surface area contributed by atoms with Crippen LogP contribution in [0.5, 0.6) is 0 Å². The van der Waals surface area contributed by atoms with Gasteiger partial charge in [0, 0.05) is 11.4 Å². The van der Waals surface area contributed by atoms with E-state index < -0.39 is 6.10 Å². The summed E-state index contributed by atoms with van der Waals surface area (Å²) in [5.41, 5.74) is 6.94. The molecular formula is C22H21NO. The first-order valence-electron chi connectivity index (χ1n) is 8.51. The lowest BCUT2D eigenvalue weighted by Crippen LogP contribution is -1.99. The summed E-state index contributed by atoms with van der Waals surface area (Å²) in [6.45, 7) is 0. The van der Waals surface area contributed by atoms with Crippen molar-refractivity contribution in [2.75, 3.05) is 5.32 Å². The van der Waals surface area contributed by atoms with Crippen LogP contribution < -0.4 is 5.32 Å². The molecule has 1 aliphatic rings. The van der Waals surface area contributed by atoms with Gasteiger partial charge in [-0.05, 0) is 65.8 Å². The SMILES string of the molecule is O[C@@H](c1ccccc1)c1ccc(Nc2ccc3c(c2)CCC3)cc1. The molecule has 2 heteroatoms. The molecule has 2 nitrogen and oxygen atoms in total. The van der Waals surface area contributed by atoms with Crippen LogP contribution in [0.3, 0.4) is 0 Å². The average Bonchev–Trinajstić information content (AvgIpc) is 3.10. The van der Waals surface area contributed by atoms with Crippen LogP contribution in [0.1, 0.15) is 34.8 Å². The molecule has 1 aliphatic carbocycles. The molecule has 0 unspecified atom stereocenters. The van der Waals surface area contributed by atoms with Gasteiger partial charge < -0.3 is 10.4 Å². The minimum Gasteiger partial charge on any atom is -0.384 e. The third-order valence-corrected chi connectivity index (χ3v) is 4.73. The zero-order chi connectivity index (χ0) is 16.4. The van der Waals surface area contributed by atoms with Crippen molar-refractivity contribution in [3.05, 3.63) is 95.1 Å². The van der Waals surface area contributed by atoms with E-state index in [4.69, 9.17) is 0 Å². The molecular weight excluding hydrogens is 294 g/mol. The first-order valence-corrected chi connectivity index (χ1v) is 8.51. The Kier molecular flexibility index (Phi) is 4.06. The Bertz CT molecular complexity index is 824. The van der Waals surface area contributed by atoms with E-state index >= 15 is 0 Å². The number of fused-ring (bicyclic) bond motifs is 1. The fourth-order valence-corrected chi connectivity index (χ4v) is 3.39. The molecule has 2 N–H and O–H groups in total. The summed E-state index contributed by atoms with van der Waals surface area (Å²) in [5.74, 6) is 0. The van der Waals surface area contributed by atoms with Crippen molar-refractivity contribution < 1.29 is 5.11 Å². The zero-order valence-corrected chi connectivity index (χ0v) is 13.6. The van der Waals surface area contributed by atoms with Gasteiger partial charge in [0.2, 0.25) is 0 Å². The number of aryl methyl sites for hydroxylation is 2. The lowest BCUT2D eigenvalue weighted by atomic mass is 10.0. The maximum Gasteiger partial charge on any atom is 0.104 e. The van der Waals surface area contributed by atoms with E-state index in [9.17, 15) is 5.11 Å².